The summed E-state index contributed by atoms with van der Waals surface area (Å²) in [5, 5.41) is 0. The molecule has 0 atom stereocenters. The summed E-state index contributed by atoms with van der Waals surface area (Å²) in [6.45, 7) is 6.05. The fraction of sp³-hybridized carbons (Fsp3) is 0.333. The first-order chi connectivity index (χ1) is 15.6. The van der Waals surface area contributed by atoms with Crippen LogP contribution in [0.5, 0.6) is 0 Å². The lowest BCUT2D eigenvalue weighted by Crippen LogP contribution is -2.46. The number of benzene rings is 2. The van der Waals surface area contributed by atoms with Crippen LogP contribution >= 0.6 is 0 Å². The average molecular weight is 485 g/mol. The molecule has 6 heteroatoms. The van der Waals surface area contributed by atoms with Gasteiger partial charge >= 0.3 is 0 Å². The smallest absolute Gasteiger partial charge is 0.199 e. The van der Waals surface area contributed by atoms with Gasteiger partial charge in [-0.1, -0.05) is 59.7 Å². The van der Waals surface area contributed by atoms with Gasteiger partial charge in [-0.05, 0) is 70.7 Å². The van der Waals surface area contributed by atoms with E-state index in [0.717, 1.165) is 18.4 Å². The van der Waals surface area contributed by atoms with E-state index in [0.29, 0.717) is 0 Å². The Hall–Kier alpha value is -2.62. The molecule has 4 nitrogen and oxygen atoms in total. The molecule has 0 saturated carbocycles. The monoisotopic (exact) mass is 484 g/mol. The van der Waals surface area contributed by atoms with E-state index in [4.69, 9.17) is 6.42 Å². The fourth-order valence-electron chi connectivity index (χ4n) is 3.70. The Morgan fingerprint density at radius 1 is 0.818 bits per heavy atom. The summed E-state index contributed by atoms with van der Waals surface area (Å²) in [6.07, 6.45) is 11.1. The van der Waals surface area contributed by atoms with Crippen LogP contribution in [0.3, 0.4) is 0 Å². The summed E-state index contributed by atoms with van der Waals surface area (Å²) in [5.74, 6) is 2.36. The first kappa shape index (κ1) is 26.6. The molecule has 0 aliphatic carbocycles. The summed E-state index contributed by atoms with van der Waals surface area (Å²) < 4.78 is 53.4. The van der Waals surface area contributed by atoms with Gasteiger partial charge < -0.3 is 0 Å². The molecule has 0 aliphatic heterocycles. The van der Waals surface area contributed by atoms with Gasteiger partial charge in [0.2, 0.25) is 0 Å². The summed E-state index contributed by atoms with van der Waals surface area (Å²) in [4.78, 5) is -0.104. The molecular weight excluding hydrogens is 452 g/mol. The van der Waals surface area contributed by atoms with Crippen molar-refractivity contribution in [2.24, 2.45) is 0 Å². The first-order valence-corrected chi connectivity index (χ1v) is 13.9. The van der Waals surface area contributed by atoms with Crippen molar-refractivity contribution in [3.05, 3.63) is 84.0 Å². The third-order valence-corrected chi connectivity index (χ3v) is 11.3. The van der Waals surface area contributed by atoms with Crippen molar-refractivity contribution in [1.29, 1.82) is 0 Å². The lowest BCUT2D eigenvalue weighted by molar-refractivity contribution is 0.526. The number of hydrogen-bond donors (Lipinski definition) is 0. The molecule has 0 amide bonds. The Balaban J connectivity index is 2.58. The predicted molar refractivity (Wildman–Crippen MR) is 135 cm³/mol. The minimum absolute atomic E-state index is 0.0518. The number of terminal acetylenes is 1. The Morgan fingerprint density at radius 3 is 1.73 bits per heavy atom. The third-order valence-electron chi connectivity index (χ3n) is 5.57. The van der Waals surface area contributed by atoms with Crippen LogP contribution in [0.15, 0.2) is 93.8 Å². The standard InChI is InChI=1S/C27H32O4S2/c1-5-21-27(32(28,29)25-17-8-6-9-18-25,33(30,31)26-19-10-7-11-20-26)22-13-16-24(4)15-12-14-23(2)3/h1,6-11,14,16-20H,12-13,15,21-22H2,2-4H3/b24-16-. The largest absolute Gasteiger partial charge is 0.222 e. The van der Waals surface area contributed by atoms with Gasteiger partial charge in [0, 0.05) is 6.42 Å². The highest BCUT2D eigenvalue weighted by Gasteiger charge is 2.55. The molecule has 2 aromatic carbocycles. The highest BCUT2D eigenvalue weighted by atomic mass is 32.3. The second kappa shape index (κ2) is 11.5. The average Bonchev–Trinajstić information content (AvgIpc) is 2.79. The highest BCUT2D eigenvalue weighted by molar-refractivity contribution is 8.10. The molecule has 2 rings (SSSR count). The molecule has 0 radical (unpaired) electrons. The lowest BCUT2D eigenvalue weighted by atomic mass is 10.1. The normalized spacial score (nSPS) is 12.7. The van der Waals surface area contributed by atoms with Crippen molar-refractivity contribution in [2.45, 2.75) is 66.7 Å². The van der Waals surface area contributed by atoms with Gasteiger partial charge in [0.05, 0.1) is 9.79 Å². The molecule has 0 unspecified atom stereocenters. The van der Waals surface area contributed by atoms with Crippen molar-refractivity contribution in [3.63, 3.8) is 0 Å². The first-order valence-electron chi connectivity index (χ1n) is 10.9. The van der Waals surface area contributed by atoms with Crippen LogP contribution in [0.4, 0.5) is 0 Å². The van der Waals surface area contributed by atoms with E-state index in [-0.39, 0.29) is 22.6 Å². The number of allylic oxidation sites excluding steroid dienone is 4. The van der Waals surface area contributed by atoms with E-state index in [1.165, 1.54) is 29.8 Å². The van der Waals surface area contributed by atoms with Crippen LogP contribution in [0.25, 0.3) is 0 Å². The van der Waals surface area contributed by atoms with E-state index in [9.17, 15) is 16.8 Å². The molecule has 2 aromatic rings. The summed E-state index contributed by atoms with van der Waals surface area (Å²) in [5.41, 5.74) is 2.31. The van der Waals surface area contributed by atoms with Gasteiger partial charge in [-0.15, -0.1) is 12.3 Å². The molecule has 0 saturated heterocycles. The minimum atomic E-state index is -4.33. The number of sulfone groups is 2. The molecule has 0 N–H and O–H groups in total. The van der Waals surface area contributed by atoms with Crippen molar-refractivity contribution in [1.82, 2.24) is 0 Å². The van der Waals surface area contributed by atoms with Crippen molar-refractivity contribution in [3.8, 4) is 12.3 Å². The quantitative estimate of drug-likeness (QED) is 0.284. The third kappa shape index (κ3) is 6.04. The summed E-state index contributed by atoms with van der Waals surface area (Å²) in [6, 6.07) is 15.4. The van der Waals surface area contributed by atoms with E-state index < -0.39 is 30.2 Å². The van der Waals surface area contributed by atoms with Gasteiger partial charge in [-0.2, -0.15) is 0 Å². The van der Waals surface area contributed by atoms with Crippen LogP contribution in [0, 0.1) is 12.3 Å². The molecule has 0 fully saturated rings. The van der Waals surface area contributed by atoms with Gasteiger partial charge in [0.15, 0.2) is 23.8 Å². The molecule has 0 spiro atoms. The second-order valence-electron chi connectivity index (χ2n) is 8.33. The minimum Gasteiger partial charge on any atom is -0.222 e. The summed E-state index contributed by atoms with van der Waals surface area (Å²) in [7, 11) is -8.65. The van der Waals surface area contributed by atoms with Crippen LogP contribution in [-0.4, -0.2) is 20.9 Å². The zero-order valence-corrected chi connectivity index (χ0v) is 21.1. The van der Waals surface area contributed by atoms with Crippen molar-refractivity contribution in [2.75, 3.05) is 0 Å². The molecule has 0 aromatic heterocycles. The van der Waals surface area contributed by atoms with Crippen LogP contribution in [0.2, 0.25) is 0 Å². The Bertz CT molecular complexity index is 1160. The van der Waals surface area contributed by atoms with Crippen molar-refractivity contribution < 1.29 is 16.8 Å². The SMILES string of the molecule is C#CCC(CC/C=C(/C)CCC=C(C)C)(S(=O)(=O)c1ccccc1)S(=O)(=O)c1ccccc1. The van der Waals surface area contributed by atoms with Crippen LogP contribution in [0.1, 0.15) is 52.9 Å². The molecule has 33 heavy (non-hydrogen) atoms. The van der Waals surface area contributed by atoms with Crippen LogP contribution in [-0.2, 0) is 19.7 Å². The second-order valence-corrected chi connectivity index (χ2v) is 13.1. The van der Waals surface area contributed by atoms with Gasteiger partial charge in [0.1, 0.15) is 0 Å². The highest BCUT2D eigenvalue weighted by Crippen LogP contribution is 2.42. The van der Waals surface area contributed by atoms with E-state index in [2.05, 4.69) is 12.0 Å². The molecule has 0 bridgehead atoms. The zero-order chi connectivity index (χ0) is 24.5. The summed E-state index contributed by atoms with van der Waals surface area (Å²) >= 11 is 0. The number of hydrogen-bond acceptors (Lipinski definition) is 4. The topological polar surface area (TPSA) is 68.3 Å². The van der Waals surface area contributed by atoms with E-state index in [1.807, 2.05) is 26.8 Å². The van der Waals surface area contributed by atoms with E-state index in [1.54, 1.807) is 36.4 Å². The fourth-order valence-corrected chi connectivity index (χ4v) is 8.65. The zero-order valence-electron chi connectivity index (χ0n) is 19.5. The van der Waals surface area contributed by atoms with Gasteiger partial charge in [0.25, 0.3) is 0 Å². The van der Waals surface area contributed by atoms with Gasteiger partial charge in [-0.3, -0.25) is 0 Å². The van der Waals surface area contributed by atoms with Crippen LogP contribution < -0.4 is 0 Å². The molecule has 176 valence electrons. The maximum atomic E-state index is 13.9. The Labute approximate surface area is 199 Å². The van der Waals surface area contributed by atoms with E-state index >= 15 is 0 Å². The Morgan fingerprint density at radius 2 is 1.30 bits per heavy atom. The number of rotatable bonds is 11. The van der Waals surface area contributed by atoms with Crippen molar-refractivity contribution >= 4 is 19.7 Å². The Kier molecular flexibility index (Phi) is 9.27. The maximum absolute atomic E-state index is 13.9. The maximum Gasteiger partial charge on any atom is 0.199 e. The van der Waals surface area contributed by atoms with Gasteiger partial charge in [-0.25, -0.2) is 16.8 Å². The lowest BCUT2D eigenvalue weighted by Gasteiger charge is -2.31. The predicted octanol–water partition coefficient (Wildman–Crippen LogP) is 6.13. The molecular formula is C27H32O4S2. The molecule has 0 aliphatic rings. The molecule has 0 heterocycles.